The van der Waals surface area contributed by atoms with Gasteiger partial charge in [-0.05, 0) is 56.5 Å². The highest BCUT2D eigenvalue weighted by Crippen LogP contribution is 2.39. The number of hydrogen-bond acceptors (Lipinski definition) is 7. The number of nitrogens with zero attached hydrogens (tertiary/aromatic N) is 3. The summed E-state index contributed by atoms with van der Waals surface area (Å²) in [6.45, 7) is 3.39. The van der Waals surface area contributed by atoms with E-state index in [0.717, 1.165) is 0 Å². The molecule has 0 unspecified atom stereocenters. The summed E-state index contributed by atoms with van der Waals surface area (Å²) in [7, 11) is 0. The van der Waals surface area contributed by atoms with Crippen LogP contribution in [0.15, 0.2) is 48.6 Å². The summed E-state index contributed by atoms with van der Waals surface area (Å²) in [5.74, 6) is -2.55. The lowest BCUT2D eigenvalue weighted by atomic mass is 9.85. The van der Waals surface area contributed by atoms with Gasteiger partial charge in [0.15, 0.2) is 0 Å². The van der Waals surface area contributed by atoms with Gasteiger partial charge in [0, 0.05) is 24.6 Å². The Bertz CT molecular complexity index is 1360. The van der Waals surface area contributed by atoms with E-state index in [1.54, 1.807) is 38.1 Å². The molecule has 2 fully saturated rings. The number of esters is 1. The summed E-state index contributed by atoms with van der Waals surface area (Å²) < 4.78 is 5.53. The molecular formula is C27H25N3O7. The number of anilines is 2. The van der Waals surface area contributed by atoms with Crippen LogP contribution in [-0.2, 0) is 19.2 Å². The smallest absolute Gasteiger partial charge is 0.316 e. The first kappa shape index (κ1) is 24.4. The second kappa shape index (κ2) is 9.27. The van der Waals surface area contributed by atoms with Gasteiger partial charge < -0.3 is 9.64 Å². The van der Waals surface area contributed by atoms with Crippen molar-refractivity contribution in [3.05, 3.63) is 69.8 Å². The van der Waals surface area contributed by atoms with Crippen molar-refractivity contribution in [1.29, 1.82) is 0 Å². The van der Waals surface area contributed by atoms with Crippen LogP contribution >= 0.6 is 0 Å². The molecule has 2 heterocycles. The number of carbonyl (C=O) groups is 4. The van der Waals surface area contributed by atoms with Crippen LogP contribution in [0, 0.1) is 41.7 Å². The van der Waals surface area contributed by atoms with E-state index in [2.05, 4.69) is 0 Å². The van der Waals surface area contributed by atoms with Crippen molar-refractivity contribution in [3.63, 3.8) is 0 Å². The number of nitro benzene ring substituents is 1. The number of imide groups is 1. The summed E-state index contributed by atoms with van der Waals surface area (Å²) in [4.78, 5) is 64.6. The molecule has 3 atom stereocenters. The highest BCUT2D eigenvalue weighted by Gasteiger charge is 2.48. The third-order valence-corrected chi connectivity index (χ3v) is 7.29. The Hall–Kier alpha value is -4.34. The molecule has 2 saturated heterocycles. The summed E-state index contributed by atoms with van der Waals surface area (Å²) >= 11 is 0. The SMILES string of the molecule is Cc1cc(OC(=O)[C@@H]2CC(=O)N(c3ccc(C)c([N+](=O)[O-])c3)C2)ccc1N1C(=O)[C@H]2CC=CC[C@@H]2C1=O. The fraction of sp³-hybridized carbons (Fsp3) is 0.333. The predicted octanol–water partition coefficient (Wildman–Crippen LogP) is 3.63. The Morgan fingerprint density at radius 2 is 1.65 bits per heavy atom. The van der Waals surface area contributed by atoms with Crippen LogP contribution in [0.25, 0.3) is 0 Å². The minimum absolute atomic E-state index is 0.0442. The van der Waals surface area contributed by atoms with E-state index in [0.29, 0.717) is 35.3 Å². The number of nitro groups is 1. The van der Waals surface area contributed by atoms with Gasteiger partial charge in [0.25, 0.3) is 5.69 Å². The molecule has 190 valence electrons. The molecular weight excluding hydrogens is 478 g/mol. The molecule has 3 aliphatic rings. The van der Waals surface area contributed by atoms with Crippen LogP contribution in [-0.4, -0.2) is 35.2 Å². The zero-order valence-corrected chi connectivity index (χ0v) is 20.4. The standard InChI is InChI=1S/C27H25N3O7/c1-15-7-8-18(13-23(15)30(35)36)28-14-17(12-24(28)31)27(34)37-19-9-10-22(16(2)11-19)29-25(32)20-5-3-4-6-21(20)26(29)33/h3-4,7-11,13,17,20-21H,5-6,12,14H2,1-2H3/t17-,20+,21+/m1/s1. The number of allylic oxidation sites excluding steroid dienone is 2. The van der Waals surface area contributed by atoms with Gasteiger partial charge in [0.1, 0.15) is 5.75 Å². The van der Waals surface area contributed by atoms with E-state index in [9.17, 15) is 29.3 Å². The van der Waals surface area contributed by atoms with Crippen molar-refractivity contribution < 1.29 is 28.8 Å². The summed E-state index contributed by atoms with van der Waals surface area (Å²) in [6, 6.07) is 9.22. The number of amides is 3. The van der Waals surface area contributed by atoms with E-state index in [1.165, 1.54) is 21.9 Å². The maximum atomic E-state index is 12.9. The molecule has 10 heteroatoms. The minimum Gasteiger partial charge on any atom is -0.426 e. The van der Waals surface area contributed by atoms with E-state index < -0.39 is 16.8 Å². The van der Waals surface area contributed by atoms with Crippen LogP contribution in [0.3, 0.4) is 0 Å². The van der Waals surface area contributed by atoms with Gasteiger partial charge in [-0.3, -0.25) is 29.3 Å². The second-order valence-corrected chi connectivity index (χ2v) is 9.67. The zero-order chi connectivity index (χ0) is 26.4. The summed E-state index contributed by atoms with van der Waals surface area (Å²) in [6.07, 6.45) is 4.88. The average Bonchev–Trinajstić information content (AvgIpc) is 3.37. The van der Waals surface area contributed by atoms with E-state index in [-0.39, 0.29) is 54.0 Å². The van der Waals surface area contributed by atoms with Gasteiger partial charge in [0.05, 0.1) is 34.1 Å². The van der Waals surface area contributed by atoms with Crippen LogP contribution in [0.5, 0.6) is 5.75 Å². The van der Waals surface area contributed by atoms with Gasteiger partial charge in [0.2, 0.25) is 17.7 Å². The predicted molar refractivity (Wildman–Crippen MR) is 133 cm³/mol. The Kier molecular flexibility index (Phi) is 6.10. The molecule has 0 saturated carbocycles. The molecule has 0 bridgehead atoms. The van der Waals surface area contributed by atoms with E-state index in [4.69, 9.17) is 4.74 Å². The molecule has 0 spiro atoms. The first-order valence-corrected chi connectivity index (χ1v) is 12.1. The molecule has 2 aliphatic heterocycles. The lowest BCUT2D eigenvalue weighted by Gasteiger charge is -2.19. The molecule has 10 nitrogen and oxygen atoms in total. The average molecular weight is 504 g/mol. The molecule has 37 heavy (non-hydrogen) atoms. The second-order valence-electron chi connectivity index (χ2n) is 9.67. The van der Waals surface area contributed by atoms with Gasteiger partial charge >= 0.3 is 5.97 Å². The first-order valence-electron chi connectivity index (χ1n) is 12.1. The van der Waals surface area contributed by atoms with Gasteiger partial charge in [-0.1, -0.05) is 18.2 Å². The number of hydrogen-bond donors (Lipinski definition) is 0. The molecule has 5 rings (SSSR count). The fourth-order valence-electron chi connectivity index (χ4n) is 5.26. The molecule has 0 N–H and O–H groups in total. The number of aryl methyl sites for hydroxylation is 2. The van der Waals surface area contributed by atoms with Gasteiger partial charge in [-0.25, -0.2) is 4.90 Å². The normalized spacial score (nSPS) is 23.0. The third kappa shape index (κ3) is 4.28. The Labute approximate surface area is 212 Å². The Morgan fingerprint density at radius 1 is 0.973 bits per heavy atom. The van der Waals surface area contributed by atoms with Crippen LogP contribution < -0.4 is 14.5 Å². The lowest BCUT2D eigenvalue weighted by Crippen LogP contribution is -2.31. The highest BCUT2D eigenvalue weighted by molar-refractivity contribution is 6.22. The number of rotatable bonds is 5. The molecule has 2 aromatic rings. The van der Waals surface area contributed by atoms with Crippen LogP contribution in [0.4, 0.5) is 17.1 Å². The number of ether oxygens (including phenoxy) is 1. The monoisotopic (exact) mass is 503 g/mol. The summed E-state index contributed by atoms with van der Waals surface area (Å²) in [5.41, 5.74) is 1.80. The number of benzene rings is 2. The molecule has 0 aromatic heterocycles. The Morgan fingerprint density at radius 3 is 2.27 bits per heavy atom. The van der Waals surface area contributed by atoms with E-state index in [1.807, 2.05) is 12.2 Å². The zero-order valence-electron chi connectivity index (χ0n) is 20.4. The molecule has 2 aromatic carbocycles. The van der Waals surface area contributed by atoms with Crippen LogP contribution in [0.2, 0.25) is 0 Å². The quantitative estimate of drug-likeness (QED) is 0.152. The maximum absolute atomic E-state index is 12.9. The first-order chi connectivity index (χ1) is 17.7. The fourth-order valence-corrected chi connectivity index (χ4v) is 5.26. The number of carbonyl (C=O) groups excluding carboxylic acids is 4. The van der Waals surface area contributed by atoms with Crippen molar-refractivity contribution in [3.8, 4) is 5.75 Å². The molecule has 1 aliphatic carbocycles. The minimum atomic E-state index is -0.745. The van der Waals surface area contributed by atoms with Gasteiger partial charge in [-0.2, -0.15) is 0 Å². The van der Waals surface area contributed by atoms with Crippen molar-refractivity contribution in [2.24, 2.45) is 17.8 Å². The maximum Gasteiger partial charge on any atom is 0.316 e. The van der Waals surface area contributed by atoms with Gasteiger partial charge in [-0.15, -0.1) is 0 Å². The van der Waals surface area contributed by atoms with Crippen molar-refractivity contribution in [1.82, 2.24) is 0 Å². The third-order valence-electron chi connectivity index (χ3n) is 7.29. The van der Waals surface area contributed by atoms with E-state index >= 15 is 0 Å². The largest absolute Gasteiger partial charge is 0.426 e. The molecule has 3 amide bonds. The van der Waals surface area contributed by atoms with Crippen molar-refractivity contribution in [2.75, 3.05) is 16.3 Å². The van der Waals surface area contributed by atoms with Crippen molar-refractivity contribution in [2.45, 2.75) is 33.1 Å². The highest BCUT2D eigenvalue weighted by atomic mass is 16.6. The number of fused-ring (bicyclic) bond motifs is 1. The molecule has 0 radical (unpaired) electrons. The van der Waals surface area contributed by atoms with Crippen molar-refractivity contribution >= 4 is 40.8 Å². The lowest BCUT2D eigenvalue weighted by molar-refractivity contribution is -0.385. The van der Waals surface area contributed by atoms with Crippen LogP contribution in [0.1, 0.15) is 30.4 Å². The topological polar surface area (TPSA) is 127 Å². The Balaban J connectivity index is 1.28. The summed E-state index contributed by atoms with van der Waals surface area (Å²) in [5, 5.41) is 11.3.